The number of hydrogen-bond donors (Lipinski definition) is 2. The fourth-order valence-corrected chi connectivity index (χ4v) is 2.84. The van der Waals surface area contributed by atoms with Crippen LogP contribution in [0, 0.1) is 6.92 Å². The number of rotatable bonds is 10. The maximum absolute atomic E-state index is 11.9. The lowest BCUT2D eigenvalue weighted by atomic mass is 10.2. The number of aromatic nitrogens is 1. The van der Waals surface area contributed by atoms with Crippen LogP contribution in [-0.4, -0.2) is 42.2 Å². The van der Waals surface area contributed by atoms with Crippen LogP contribution in [0.2, 0.25) is 0 Å². The summed E-state index contributed by atoms with van der Waals surface area (Å²) < 4.78 is 15.6. The molecule has 146 valence electrons. The SMILES string of the molecule is CCOc1ccc(CNC(=O)CSCC(=O)Nc2cc(C)on2)cc1OC. The van der Waals surface area contributed by atoms with E-state index in [0.29, 0.717) is 36.2 Å². The van der Waals surface area contributed by atoms with E-state index < -0.39 is 0 Å². The molecular weight excluding hydrogens is 370 g/mol. The van der Waals surface area contributed by atoms with Crippen molar-refractivity contribution >= 4 is 29.4 Å². The lowest BCUT2D eigenvalue weighted by Crippen LogP contribution is -2.25. The van der Waals surface area contributed by atoms with Crippen molar-refractivity contribution < 1.29 is 23.6 Å². The molecule has 0 fully saturated rings. The van der Waals surface area contributed by atoms with Gasteiger partial charge in [0, 0.05) is 12.6 Å². The van der Waals surface area contributed by atoms with Gasteiger partial charge in [-0.3, -0.25) is 9.59 Å². The number of nitrogens with zero attached hydrogens (tertiary/aromatic N) is 1. The Bertz CT molecular complexity index is 778. The minimum atomic E-state index is -0.239. The molecule has 0 saturated carbocycles. The molecule has 0 bridgehead atoms. The fraction of sp³-hybridized carbons (Fsp3) is 0.389. The Morgan fingerprint density at radius 1 is 1.19 bits per heavy atom. The highest BCUT2D eigenvalue weighted by Gasteiger charge is 2.09. The number of anilines is 1. The summed E-state index contributed by atoms with van der Waals surface area (Å²) in [6.07, 6.45) is 0. The molecule has 2 rings (SSSR count). The first-order valence-electron chi connectivity index (χ1n) is 8.39. The van der Waals surface area contributed by atoms with Crippen LogP contribution in [0.4, 0.5) is 5.82 Å². The summed E-state index contributed by atoms with van der Waals surface area (Å²) in [6.45, 7) is 4.56. The zero-order chi connectivity index (χ0) is 19.6. The number of thioether (sulfide) groups is 1. The standard InChI is InChI=1S/C18H23N3O5S/c1-4-25-14-6-5-13(8-15(14)24-3)9-19-17(22)10-27-11-18(23)20-16-7-12(2)26-21-16/h5-8H,4,9-11H2,1-3H3,(H,19,22)(H,20,21,23). The van der Waals surface area contributed by atoms with Crippen molar-refractivity contribution in [2.24, 2.45) is 0 Å². The van der Waals surface area contributed by atoms with E-state index >= 15 is 0 Å². The Morgan fingerprint density at radius 3 is 2.63 bits per heavy atom. The summed E-state index contributed by atoms with van der Waals surface area (Å²) in [6, 6.07) is 7.13. The number of methoxy groups -OCH3 is 1. The monoisotopic (exact) mass is 393 g/mol. The first-order valence-corrected chi connectivity index (χ1v) is 9.54. The van der Waals surface area contributed by atoms with Crippen molar-refractivity contribution in [2.45, 2.75) is 20.4 Å². The molecule has 0 atom stereocenters. The number of ether oxygens (including phenoxy) is 2. The number of nitrogens with one attached hydrogen (secondary N) is 2. The van der Waals surface area contributed by atoms with Crippen LogP contribution < -0.4 is 20.1 Å². The molecule has 0 aliphatic rings. The Morgan fingerprint density at radius 2 is 1.96 bits per heavy atom. The smallest absolute Gasteiger partial charge is 0.235 e. The summed E-state index contributed by atoms with van der Waals surface area (Å²) >= 11 is 1.22. The molecule has 9 heteroatoms. The molecule has 0 unspecified atom stereocenters. The highest BCUT2D eigenvalue weighted by molar-refractivity contribution is 8.00. The summed E-state index contributed by atoms with van der Waals surface area (Å²) in [5.41, 5.74) is 0.896. The van der Waals surface area contributed by atoms with Gasteiger partial charge in [0.05, 0.1) is 25.2 Å². The van der Waals surface area contributed by atoms with Crippen LogP contribution in [0.15, 0.2) is 28.8 Å². The Labute approximate surface area is 162 Å². The molecule has 0 aliphatic carbocycles. The van der Waals surface area contributed by atoms with E-state index in [0.717, 1.165) is 5.56 Å². The Hall–Kier alpha value is -2.68. The molecule has 1 aromatic carbocycles. The third kappa shape index (κ3) is 6.86. The average molecular weight is 393 g/mol. The second-order valence-electron chi connectivity index (χ2n) is 5.56. The van der Waals surface area contributed by atoms with E-state index in [1.165, 1.54) is 11.8 Å². The van der Waals surface area contributed by atoms with Crippen LogP contribution in [0.3, 0.4) is 0 Å². The molecule has 27 heavy (non-hydrogen) atoms. The van der Waals surface area contributed by atoms with Gasteiger partial charge in [-0.05, 0) is 31.5 Å². The maximum Gasteiger partial charge on any atom is 0.235 e. The van der Waals surface area contributed by atoms with Gasteiger partial charge >= 0.3 is 0 Å². The van der Waals surface area contributed by atoms with Gasteiger partial charge in [-0.1, -0.05) is 11.2 Å². The molecule has 1 heterocycles. The highest BCUT2D eigenvalue weighted by atomic mass is 32.2. The van der Waals surface area contributed by atoms with E-state index in [1.807, 2.05) is 25.1 Å². The number of carbonyl (C=O) groups excluding carboxylic acids is 2. The minimum absolute atomic E-state index is 0.149. The van der Waals surface area contributed by atoms with Crippen molar-refractivity contribution in [3.8, 4) is 11.5 Å². The zero-order valence-electron chi connectivity index (χ0n) is 15.5. The first-order chi connectivity index (χ1) is 13.0. The summed E-state index contributed by atoms with van der Waals surface area (Å²) in [5.74, 6) is 2.21. The molecule has 0 spiro atoms. The van der Waals surface area contributed by atoms with Crippen LogP contribution in [-0.2, 0) is 16.1 Å². The number of benzene rings is 1. The van der Waals surface area contributed by atoms with Gasteiger partial charge in [0.15, 0.2) is 17.3 Å². The number of aryl methyl sites for hydroxylation is 1. The molecule has 2 amide bonds. The number of hydrogen-bond acceptors (Lipinski definition) is 7. The van der Waals surface area contributed by atoms with E-state index in [2.05, 4.69) is 15.8 Å². The number of amides is 2. The van der Waals surface area contributed by atoms with Crippen LogP contribution in [0.1, 0.15) is 18.2 Å². The summed E-state index contributed by atoms with van der Waals surface area (Å²) in [7, 11) is 1.57. The third-order valence-electron chi connectivity index (χ3n) is 3.38. The quantitative estimate of drug-likeness (QED) is 0.639. The topological polar surface area (TPSA) is 103 Å². The van der Waals surface area contributed by atoms with Gasteiger partial charge in [0.2, 0.25) is 11.8 Å². The molecule has 8 nitrogen and oxygen atoms in total. The predicted molar refractivity (Wildman–Crippen MR) is 103 cm³/mol. The van der Waals surface area contributed by atoms with Crippen LogP contribution in [0.5, 0.6) is 11.5 Å². The van der Waals surface area contributed by atoms with Crippen LogP contribution in [0.25, 0.3) is 0 Å². The predicted octanol–water partition coefficient (Wildman–Crippen LogP) is 2.38. The second-order valence-corrected chi connectivity index (χ2v) is 6.54. The van der Waals surface area contributed by atoms with Gasteiger partial charge in [-0.25, -0.2) is 0 Å². The lowest BCUT2D eigenvalue weighted by molar-refractivity contribution is -0.118. The molecule has 0 aliphatic heterocycles. The largest absolute Gasteiger partial charge is 0.493 e. The van der Waals surface area contributed by atoms with Gasteiger partial charge < -0.3 is 24.6 Å². The Kier molecular flexibility index (Phi) is 8.00. The molecule has 1 aromatic heterocycles. The van der Waals surface area contributed by atoms with E-state index in [1.54, 1.807) is 20.1 Å². The lowest BCUT2D eigenvalue weighted by Gasteiger charge is -2.11. The van der Waals surface area contributed by atoms with Crippen molar-refractivity contribution in [2.75, 3.05) is 30.5 Å². The molecular formula is C18H23N3O5S. The molecule has 0 radical (unpaired) electrons. The summed E-state index contributed by atoms with van der Waals surface area (Å²) in [4.78, 5) is 23.7. The van der Waals surface area contributed by atoms with E-state index in [-0.39, 0.29) is 23.3 Å². The third-order valence-corrected chi connectivity index (χ3v) is 4.31. The van der Waals surface area contributed by atoms with Crippen molar-refractivity contribution in [3.05, 3.63) is 35.6 Å². The van der Waals surface area contributed by atoms with Crippen molar-refractivity contribution in [1.29, 1.82) is 0 Å². The second kappa shape index (κ2) is 10.5. The fourth-order valence-electron chi connectivity index (χ4n) is 2.19. The van der Waals surface area contributed by atoms with E-state index in [4.69, 9.17) is 14.0 Å². The summed E-state index contributed by atoms with van der Waals surface area (Å²) in [5, 5.41) is 9.09. The molecule has 2 aromatic rings. The van der Waals surface area contributed by atoms with E-state index in [9.17, 15) is 9.59 Å². The van der Waals surface area contributed by atoms with Gasteiger partial charge in [0.1, 0.15) is 5.76 Å². The minimum Gasteiger partial charge on any atom is -0.493 e. The highest BCUT2D eigenvalue weighted by Crippen LogP contribution is 2.27. The van der Waals surface area contributed by atoms with Crippen molar-refractivity contribution in [3.63, 3.8) is 0 Å². The normalized spacial score (nSPS) is 10.3. The maximum atomic E-state index is 11.9. The van der Waals surface area contributed by atoms with Crippen LogP contribution >= 0.6 is 11.8 Å². The number of carbonyl (C=O) groups is 2. The average Bonchev–Trinajstić information content (AvgIpc) is 3.05. The van der Waals surface area contributed by atoms with Gasteiger partial charge in [0.25, 0.3) is 0 Å². The van der Waals surface area contributed by atoms with Gasteiger partial charge in [-0.15, -0.1) is 11.8 Å². The first kappa shape index (κ1) is 20.6. The van der Waals surface area contributed by atoms with Gasteiger partial charge in [-0.2, -0.15) is 0 Å². The van der Waals surface area contributed by atoms with Crippen molar-refractivity contribution in [1.82, 2.24) is 10.5 Å². The zero-order valence-corrected chi connectivity index (χ0v) is 16.4. The molecule has 0 saturated heterocycles. The molecule has 2 N–H and O–H groups in total. The Balaban J connectivity index is 1.70.